The van der Waals surface area contributed by atoms with Gasteiger partial charge in [0.15, 0.2) is 11.5 Å². The quantitative estimate of drug-likeness (QED) is 0.107. The first-order valence-corrected chi connectivity index (χ1v) is 19.7. The van der Waals surface area contributed by atoms with Crippen LogP contribution in [0.5, 0.6) is 0 Å². The number of aromatic amines is 1. The Hall–Kier alpha value is -5.21. The zero-order chi connectivity index (χ0) is 41.1. The first-order valence-electron chi connectivity index (χ1n) is 17.4. The molecule has 8 rings (SSSR count). The number of nitrogens with zero attached hydrogens (tertiary/aromatic N) is 6. The molecule has 1 amide bonds. The van der Waals surface area contributed by atoms with Crippen LogP contribution in [0.1, 0.15) is 72.7 Å². The number of nitrogens with one attached hydrogen (secondary N) is 3. The van der Waals surface area contributed by atoms with Gasteiger partial charge in [-0.2, -0.15) is 19.0 Å². The summed E-state index contributed by atoms with van der Waals surface area (Å²) in [6.07, 6.45) is -2.58. The van der Waals surface area contributed by atoms with Crippen molar-refractivity contribution >= 4 is 55.4 Å². The molecule has 4 heterocycles. The molecule has 4 N–H and O–H groups in total. The number of imidazole rings is 1. The van der Waals surface area contributed by atoms with Crippen LogP contribution in [0.2, 0.25) is 5.02 Å². The number of hydrogen-bond acceptors (Lipinski definition) is 8. The highest BCUT2D eigenvalue weighted by Crippen LogP contribution is 2.68. The van der Waals surface area contributed by atoms with E-state index in [1.54, 1.807) is 12.1 Å². The minimum atomic E-state index is -3.85. The van der Waals surface area contributed by atoms with Crippen LogP contribution in [-0.2, 0) is 46.4 Å². The summed E-state index contributed by atoms with van der Waals surface area (Å²) in [5.74, 6) is -8.34. The fourth-order valence-electron chi connectivity index (χ4n) is 7.70. The molecule has 300 valence electrons. The Morgan fingerprint density at radius 3 is 2.44 bits per heavy atom. The van der Waals surface area contributed by atoms with Crippen molar-refractivity contribution in [3.8, 4) is 11.1 Å². The molecule has 57 heavy (non-hydrogen) atoms. The molecular weight excluding hydrogens is 804 g/mol. The van der Waals surface area contributed by atoms with Gasteiger partial charge in [0.2, 0.25) is 15.9 Å². The highest BCUT2D eigenvalue weighted by Gasteiger charge is 2.67. The minimum absolute atomic E-state index is 0.0160. The number of aryl methyl sites for hydroxylation is 1. The van der Waals surface area contributed by atoms with Gasteiger partial charge in [-0.15, -0.1) is 0 Å². The standard InChI is InChI=1S/C36H32ClF6N9O4S/c1-35(2,54)34-45-23-12-18(17-5-6-21(37)26-29(17)51(3)49-33(26)50-57(4,55)56)27(46-32(23)47-34)22(9-14-7-15(38)10-16(39)8-14)44-24(53)13-52-30-25(28(48-52)31(40)41)19-11-20(19)36(30,42)43/h5-8,10,12,19-20,22,31,54H,9,11,13H2,1-4H3,(H,44,53)(H,49,50)(H,45,46,47)/t19-,20+,22-/m0/s1. The van der Waals surface area contributed by atoms with Crippen molar-refractivity contribution in [3.05, 3.63) is 87.1 Å². The van der Waals surface area contributed by atoms with Gasteiger partial charge in [-0.1, -0.05) is 17.7 Å². The molecule has 2 aliphatic rings. The van der Waals surface area contributed by atoms with Crippen LogP contribution in [0.3, 0.4) is 0 Å². The van der Waals surface area contributed by atoms with Crippen molar-refractivity contribution < 1.29 is 44.7 Å². The van der Waals surface area contributed by atoms with E-state index in [9.17, 15) is 35.9 Å². The van der Waals surface area contributed by atoms with E-state index in [1.165, 1.54) is 31.6 Å². The Bertz CT molecular complexity index is 2740. The summed E-state index contributed by atoms with van der Waals surface area (Å²) in [5.41, 5.74) is -2.10. The van der Waals surface area contributed by atoms with Gasteiger partial charge in [-0.3, -0.25) is 18.9 Å². The lowest BCUT2D eigenvalue weighted by Gasteiger charge is -2.23. The molecule has 0 spiro atoms. The number of carbonyl (C=O) groups is 1. The number of halogens is 7. The predicted molar refractivity (Wildman–Crippen MR) is 195 cm³/mol. The van der Waals surface area contributed by atoms with E-state index < -0.39 is 81.3 Å². The summed E-state index contributed by atoms with van der Waals surface area (Å²) in [7, 11) is -2.32. The predicted octanol–water partition coefficient (Wildman–Crippen LogP) is 6.49. The molecule has 4 aromatic heterocycles. The summed E-state index contributed by atoms with van der Waals surface area (Å²) in [6, 6.07) is 5.97. The number of aromatic nitrogens is 7. The van der Waals surface area contributed by atoms with Crippen molar-refractivity contribution in [2.75, 3.05) is 11.0 Å². The SMILES string of the molecule is Cn1nc(NS(C)(=O)=O)c2c(Cl)ccc(-c3cc4[nH]c(C(C)(C)O)nc4nc3[C@H](Cc3cc(F)cc(F)c3)NC(=O)Cn3nc(C(F)F)c4c3C(F)(F)[C@@H]3C[C@H]43)c21. The molecule has 0 aliphatic heterocycles. The third-order valence-corrected chi connectivity index (χ3v) is 11.0. The number of aliphatic hydroxyl groups is 1. The van der Waals surface area contributed by atoms with Crippen molar-refractivity contribution in [3.63, 3.8) is 0 Å². The number of anilines is 1. The fourth-order valence-corrected chi connectivity index (χ4v) is 8.44. The molecule has 0 bridgehead atoms. The lowest BCUT2D eigenvalue weighted by Crippen LogP contribution is -2.35. The Kier molecular flexibility index (Phi) is 8.93. The van der Waals surface area contributed by atoms with Gasteiger partial charge in [0.05, 0.1) is 39.4 Å². The van der Waals surface area contributed by atoms with Gasteiger partial charge in [0.25, 0.3) is 12.3 Å². The summed E-state index contributed by atoms with van der Waals surface area (Å²) < 4.78 is 117. The average Bonchev–Trinajstić information content (AvgIpc) is 3.33. The average molecular weight is 836 g/mol. The molecule has 13 nitrogen and oxygen atoms in total. The highest BCUT2D eigenvalue weighted by atomic mass is 35.5. The van der Waals surface area contributed by atoms with E-state index in [2.05, 4.69) is 30.2 Å². The minimum Gasteiger partial charge on any atom is -0.383 e. The van der Waals surface area contributed by atoms with E-state index >= 15 is 8.78 Å². The van der Waals surface area contributed by atoms with Crippen LogP contribution < -0.4 is 10.0 Å². The van der Waals surface area contributed by atoms with Crippen LogP contribution >= 0.6 is 11.6 Å². The second-order valence-corrected chi connectivity index (χ2v) is 17.0. The second kappa shape index (κ2) is 13.2. The van der Waals surface area contributed by atoms with Crippen LogP contribution in [0.25, 0.3) is 33.2 Å². The number of alkyl halides is 4. The molecule has 1 saturated carbocycles. The van der Waals surface area contributed by atoms with Gasteiger partial charge in [0, 0.05) is 35.7 Å². The molecule has 6 aromatic rings. The van der Waals surface area contributed by atoms with E-state index in [1.807, 2.05) is 0 Å². The van der Waals surface area contributed by atoms with Crippen molar-refractivity contribution in [1.29, 1.82) is 0 Å². The number of fused-ring (bicyclic) bond motifs is 5. The van der Waals surface area contributed by atoms with Crippen molar-refractivity contribution in [1.82, 2.24) is 39.8 Å². The Labute approximate surface area is 324 Å². The van der Waals surface area contributed by atoms with Crippen LogP contribution in [0.15, 0.2) is 36.4 Å². The number of amides is 1. The number of sulfonamides is 1. The normalized spacial score (nSPS) is 18.0. The third kappa shape index (κ3) is 6.86. The largest absolute Gasteiger partial charge is 0.383 e. The van der Waals surface area contributed by atoms with E-state index in [0.29, 0.717) is 21.8 Å². The maximum absolute atomic E-state index is 15.4. The van der Waals surface area contributed by atoms with Gasteiger partial charge in [-0.25, -0.2) is 35.9 Å². The first kappa shape index (κ1) is 38.7. The second-order valence-electron chi connectivity index (χ2n) is 14.9. The molecule has 0 radical (unpaired) electrons. The Morgan fingerprint density at radius 2 is 1.79 bits per heavy atom. The molecular formula is C36H32ClF6N9O4S. The topological polar surface area (TPSA) is 173 Å². The zero-order valence-corrected chi connectivity index (χ0v) is 31.9. The number of rotatable bonds is 11. The number of H-pyrrole nitrogens is 1. The number of pyridine rings is 1. The van der Waals surface area contributed by atoms with Gasteiger partial charge in [0.1, 0.15) is 41.0 Å². The van der Waals surface area contributed by atoms with Crippen LogP contribution in [0, 0.1) is 17.6 Å². The Morgan fingerprint density at radius 1 is 1.09 bits per heavy atom. The summed E-state index contributed by atoms with van der Waals surface area (Å²) >= 11 is 6.61. The van der Waals surface area contributed by atoms with E-state index in [4.69, 9.17) is 16.6 Å². The third-order valence-electron chi connectivity index (χ3n) is 10.1. The number of benzene rings is 2. The molecule has 0 saturated heterocycles. The van der Waals surface area contributed by atoms with Gasteiger partial charge >= 0.3 is 0 Å². The monoisotopic (exact) mass is 835 g/mol. The molecule has 2 aromatic carbocycles. The van der Waals surface area contributed by atoms with Gasteiger partial charge < -0.3 is 15.4 Å². The highest BCUT2D eigenvalue weighted by molar-refractivity contribution is 7.92. The summed E-state index contributed by atoms with van der Waals surface area (Å²) in [6.45, 7) is 2.02. The summed E-state index contributed by atoms with van der Waals surface area (Å²) in [4.78, 5) is 26.2. The smallest absolute Gasteiger partial charge is 0.293 e. The molecule has 2 aliphatic carbocycles. The number of hydrogen-bond donors (Lipinski definition) is 4. The maximum Gasteiger partial charge on any atom is 0.293 e. The zero-order valence-electron chi connectivity index (χ0n) is 30.3. The first-order chi connectivity index (χ1) is 26.6. The van der Waals surface area contributed by atoms with Crippen LogP contribution in [0.4, 0.5) is 32.2 Å². The summed E-state index contributed by atoms with van der Waals surface area (Å²) in [5, 5.41) is 21.9. The van der Waals surface area contributed by atoms with Crippen molar-refractivity contribution in [2.45, 2.75) is 63.1 Å². The van der Waals surface area contributed by atoms with Gasteiger partial charge in [-0.05, 0) is 62.4 Å². The molecule has 3 atom stereocenters. The molecule has 21 heteroatoms. The Balaban J connectivity index is 1.31. The number of carbonyl (C=O) groups excluding carboxylic acids is 1. The van der Waals surface area contributed by atoms with E-state index in [-0.39, 0.29) is 68.4 Å². The molecule has 0 unspecified atom stereocenters. The van der Waals surface area contributed by atoms with Crippen molar-refractivity contribution in [2.24, 2.45) is 13.0 Å². The molecule has 1 fully saturated rings. The van der Waals surface area contributed by atoms with E-state index in [0.717, 1.165) is 18.4 Å². The fraction of sp³-hybridized carbons (Fsp3) is 0.361. The van der Waals surface area contributed by atoms with Crippen LogP contribution in [-0.4, -0.2) is 60.2 Å². The lowest BCUT2D eigenvalue weighted by atomic mass is 9.94. The lowest BCUT2D eigenvalue weighted by molar-refractivity contribution is -0.123. The maximum atomic E-state index is 15.4.